The molecule has 1 fully saturated rings. The number of carbonyl (C=O) groups is 1. The smallest absolute Gasteiger partial charge is 0.261 e. The Balaban J connectivity index is 1.33. The second-order valence-corrected chi connectivity index (χ2v) is 8.55. The van der Waals surface area contributed by atoms with Gasteiger partial charge in [-0.15, -0.1) is 0 Å². The molecular weight excluding hydrogens is 416 g/mol. The number of aromatic nitrogens is 2. The van der Waals surface area contributed by atoms with Crippen molar-refractivity contribution in [1.82, 2.24) is 19.8 Å². The van der Waals surface area contributed by atoms with E-state index in [0.717, 1.165) is 18.8 Å². The topological polar surface area (TPSA) is 76.5 Å². The lowest BCUT2D eigenvalue weighted by Gasteiger charge is -2.35. The van der Waals surface area contributed by atoms with Gasteiger partial charge in [0, 0.05) is 19.5 Å². The number of benzene rings is 2. The molecule has 1 aromatic heterocycles. The number of ether oxygens (including phenoxy) is 1. The molecule has 2 heterocycles. The molecular formula is C26H32N4O3. The monoisotopic (exact) mass is 448 g/mol. The Morgan fingerprint density at radius 3 is 2.61 bits per heavy atom. The SMILES string of the molecule is COc1ccc(C(CNC(=O)CCCn2cnc3ccccc3c2=O)N2CCCCC2)cc1. The molecule has 0 radical (unpaired) electrons. The Morgan fingerprint density at radius 1 is 1.09 bits per heavy atom. The average molecular weight is 449 g/mol. The number of aryl methyl sites for hydroxylation is 1. The van der Waals surface area contributed by atoms with Crippen LogP contribution in [-0.2, 0) is 11.3 Å². The standard InChI is InChI=1S/C26H32N4O3/c1-33-21-13-11-20(12-14-21)24(29-15-5-2-6-16-29)18-27-25(31)10-7-17-30-19-28-23-9-4-3-8-22(23)26(30)32/h3-4,8-9,11-14,19,24H,2,5-7,10,15-18H2,1H3,(H,27,31). The highest BCUT2D eigenvalue weighted by Gasteiger charge is 2.23. The Kier molecular flexibility index (Phi) is 7.73. The minimum Gasteiger partial charge on any atom is -0.497 e. The van der Waals surface area contributed by atoms with Crippen molar-refractivity contribution >= 4 is 16.8 Å². The number of hydrogen-bond donors (Lipinski definition) is 1. The van der Waals surface area contributed by atoms with Crippen LogP contribution in [0, 0.1) is 0 Å². The molecule has 1 N–H and O–H groups in total. The second-order valence-electron chi connectivity index (χ2n) is 8.55. The number of rotatable bonds is 9. The molecule has 1 saturated heterocycles. The van der Waals surface area contributed by atoms with E-state index in [2.05, 4.69) is 27.3 Å². The van der Waals surface area contributed by atoms with Gasteiger partial charge in [0.15, 0.2) is 0 Å². The quantitative estimate of drug-likeness (QED) is 0.542. The van der Waals surface area contributed by atoms with Crippen LogP contribution in [0.5, 0.6) is 5.75 Å². The summed E-state index contributed by atoms with van der Waals surface area (Å²) in [5.74, 6) is 0.839. The zero-order valence-electron chi connectivity index (χ0n) is 19.2. The Labute approximate surface area is 194 Å². The largest absolute Gasteiger partial charge is 0.497 e. The van der Waals surface area contributed by atoms with Gasteiger partial charge in [-0.3, -0.25) is 19.1 Å². The first-order chi connectivity index (χ1) is 16.2. The van der Waals surface area contributed by atoms with Crippen molar-refractivity contribution in [3.63, 3.8) is 0 Å². The Morgan fingerprint density at radius 2 is 1.85 bits per heavy atom. The van der Waals surface area contributed by atoms with Crippen molar-refractivity contribution in [2.24, 2.45) is 0 Å². The molecule has 4 rings (SSSR count). The third-order valence-electron chi connectivity index (χ3n) is 6.36. The summed E-state index contributed by atoms with van der Waals surface area (Å²) in [7, 11) is 1.67. The molecule has 1 unspecified atom stereocenters. The van der Waals surface area contributed by atoms with E-state index in [1.165, 1.54) is 24.8 Å². The van der Waals surface area contributed by atoms with E-state index in [4.69, 9.17) is 4.74 Å². The second kappa shape index (κ2) is 11.1. The van der Waals surface area contributed by atoms with Gasteiger partial charge in [-0.25, -0.2) is 4.98 Å². The van der Waals surface area contributed by atoms with Crippen LogP contribution in [-0.4, -0.2) is 47.1 Å². The molecule has 3 aromatic rings. The number of fused-ring (bicyclic) bond motifs is 1. The molecule has 0 spiro atoms. The predicted molar refractivity (Wildman–Crippen MR) is 129 cm³/mol. The minimum atomic E-state index is -0.0642. The maximum absolute atomic E-state index is 12.6. The van der Waals surface area contributed by atoms with E-state index < -0.39 is 0 Å². The highest BCUT2D eigenvalue weighted by molar-refractivity contribution is 5.77. The Hall–Kier alpha value is -3.19. The van der Waals surface area contributed by atoms with Gasteiger partial charge in [-0.2, -0.15) is 0 Å². The van der Waals surface area contributed by atoms with E-state index in [9.17, 15) is 9.59 Å². The predicted octanol–water partition coefficient (Wildman–Crippen LogP) is 3.53. The van der Waals surface area contributed by atoms with E-state index in [-0.39, 0.29) is 17.5 Å². The lowest BCUT2D eigenvalue weighted by Crippen LogP contribution is -2.40. The third kappa shape index (κ3) is 5.79. The lowest BCUT2D eigenvalue weighted by molar-refractivity contribution is -0.121. The number of nitrogens with zero attached hydrogens (tertiary/aromatic N) is 3. The fourth-order valence-electron chi connectivity index (χ4n) is 4.49. The molecule has 1 aliphatic rings. The van der Waals surface area contributed by atoms with E-state index in [0.29, 0.717) is 36.8 Å². The average Bonchev–Trinajstić information content (AvgIpc) is 2.87. The third-order valence-corrected chi connectivity index (χ3v) is 6.36. The van der Waals surface area contributed by atoms with Crippen molar-refractivity contribution in [3.05, 3.63) is 70.8 Å². The van der Waals surface area contributed by atoms with Crippen LogP contribution < -0.4 is 15.6 Å². The highest BCUT2D eigenvalue weighted by atomic mass is 16.5. The molecule has 1 amide bonds. The van der Waals surface area contributed by atoms with E-state index in [1.54, 1.807) is 24.1 Å². The summed E-state index contributed by atoms with van der Waals surface area (Å²) < 4.78 is 6.88. The zero-order chi connectivity index (χ0) is 23.0. The summed E-state index contributed by atoms with van der Waals surface area (Å²) in [4.78, 5) is 32.0. The van der Waals surface area contributed by atoms with Crippen LogP contribution in [0.1, 0.15) is 43.7 Å². The summed E-state index contributed by atoms with van der Waals surface area (Å²) in [6.45, 7) is 3.13. The highest BCUT2D eigenvalue weighted by Crippen LogP contribution is 2.26. The van der Waals surface area contributed by atoms with Crippen molar-refractivity contribution in [1.29, 1.82) is 0 Å². The van der Waals surface area contributed by atoms with Gasteiger partial charge in [0.1, 0.15) is 5.75 Å². The summed E-state index contributed by atoms with van der Waals surface area (Å²) in [6, 6.07) is 15.6. The number of para-hydroxylation sites is 1. The van der Waals surface area contributed by atoms with E-state index >= 15 is 0 Å². The lowest BCUT2D eigenvalue weighted by atomic mass is 10.0. The van der Waals surface area contributed by atoms with Crippen LogP contribution in [0.4, 0.5) is 0 Å². The van der Waals surface area contributed by atoms with Gasteiger partial charge in [-0.1, -0.05) is 30.7 Å². The van der Waals surface area contributed by atoms with Crippen LogP contribution in [0.15, 0.2) is 59.7 Å². The molecule has 0 saturated carbocycles. The normalized spacial score (nSPS) is 15.3. The number of amides is 1. The summed E-state index contributed by atoms with van der Waals surface area (Å²) in [5.41, 5.74) is 1.82. The van der Waals surface area contributed by atoms with Gasteiger partial charge in [0.25, 0.3) is 5.56 Å². The van der Waals surface area contributed by atoms with Gasteiger partial charge in [0.2, 0.25) is 5.91 Å². The van der Waals surface area contributed by atoms with Crippen molar-refractivity contribution in [2.75, 3.05) is 26.7 Å². The number of carbonyl (C=O) groups excluding carboxylic acids is 1. The number of piperidine rings is 1. The fourth-order valence-corrected chi connectivity index (χ4v) is 4.49. The summed E-state index contributed by atoms with van der Waals surface area (Å²) >= 11 is 0. The Bertz CT molecular complexity index is 1120. The summed E-state index contributed by atoms with van der Waals surface area (Å²) in [5, 5.41) is 3.73. The molecule has 0 bridgehead atoms. The molecule has 2 aromatic carbocycles. The van der Waals surface area contributed by atoms with Crippen LogP contribution in [0.3, 0.4) is 0 Å². The van der Waals surface area contributed by atoms with Crippen molar-refractivity contribution in [3.8, 4) is 5.75 Å². The minimum absolute atomic E-state index is 0.00678. The van der Waals surface area contributed by atoms with Crippen molar-refractivity contribution < 1.29 is 9.53 Å². The van der Waals surface area contributed by atoms with Gasteiger partial charge in [-0.05, 0) is 62.2 Å². The number of nitrogens with one attached hydrogen (secondary N) is 1. The molecule has 1 atom stereocenters. The van der Waals surface area contributed by atoms with Gasteiger partial charge < -0.3 is 10.1 Å². The maximum atomic E-state index is 12.6. The van der Waals surface area contributed by atoms with Crippen LogP contribution in [0.2, 0.25) is 0 Å². The van der Waals surface area contributed by atoms with Gasteiger partial charge in [0.05, 0.1) is 30.4 Å². The summed E-state index contributed by atoms with van der Waals surface area (Å²) in [6.07, 6.45) is 6.17. The van der Waals surface area contributed by atoms with E-state index in [1.807, 2.05) is 30.3 Å². The number of hydrogen-bond acceptors (Lipinski definition) is 5. The number of methoxy groups -OCH3 is 1. The molecule has 7 nitrogen and oxygen atoms in total. The molecule has 0 aliphatic carbocycles. The number of likely N-dealkylation sites (tertiary alicyclic amines) is 1. The maximum Gasteiger partial charge on any atom is 0.261 e. The van der Waals surface area contributed by atoms with Crippen molar-refractivity contribution in [2.45, 2.75) is 44.7 Å². The molecule has 1 aliphatic heterocycles. The molecule has 33 heavy (non-hydrogen) atoms. The fraction of sp³-hybridized carbons (Fsp3) is 0.423. The van der Waals surface area contributed by atoms with Crippen LogP contribution >= 0.6 is 0 Å². The molecule has 174 valence electrons. The van der Waals surface area contributed by atoms with Gasteiger partial charge >= 0.3 is 0 Å². The van der Waals surface area contributed by atoms with Crippen LogP contribution in [0.25, 0.3) is 10.9 Å². The molecule has 7 heteroatoms. The first-order valence-corrected chi connectivity index (χ1v) is 11.7. The first-order valence-electron chi connectivity index (χ1n) is 11.7. The zero-order valence-corrected chi connectivity index (χ0v) is 19.2. The first kappa shape index (κ1) is 23.0.